The summed E-state index contributed by atoms with van der Waals surface area (Å²) in [7, 11) is 0. The Labute approximate surface area is 255 Å². The van der Waals surface area contributed by atoms with Gasteiger partial charge in [-0.05, 0) is 106 Å². The lowest BCUT2D eigenvalue weighted by molar-refractivity contribution is 0.0990. The number of rotatable bonds is 3. The Morgan fingerprint density at radius 2 is 1.44 bits per heavy atom. The zero-order chi connectivity index (χ0) is 28.9. The first-order valence-electron chi connectivity index (χ1n) is 15.0. The van der Waals surface area contributed by atoms with Gasteiger partial charge in [-0.1, -0.05) is 113 Å². The molecule has 3 heteroatoms. The second kappa shape index (κ2) is 8.88. The highest BCUT2D eigenvalue weighted by Gasteiger charge is 2.71. The number of benzene rings is 4. The van der Waals surface area contributed by atoms with Crippen molar-refractivity contribution in [3.63, 3.8) is 0 Å². The van der Waals surface area contributed by atoms with Crippen LogP contribution in [0.3, 0.4) is 0 Å². The molecule has 1 spiro atoms. The Hall–Kier alpha value is -2.74. The minimum atomic E-state index is 0.00123. The lowest BCUT2D eigenvalue weighted by Crippen LogP contribution is -2.44. The van der Waals surface area contributed by atoms with Crippen molar-refractivity contribution in [3.05, 3.63) is 112 Å². The maximum Gasteiger partial charge on any atom is 0.0832 e. The Balaban J connectivity index is 1.46. The molecule has 7 rings (SSSR count). The number of halogens is 2. The van der Waals surface area contributed by atoms with Gasteiger partial charge in [0.1, 0.15) is 0 Å². The van der Waals surface area contributed by atoms with Crippen LogP contribution >= 0.6 is 23.2 Å². The van der Waals surface area contributed by atoms with Crippen LogP contribution < -0.4 is 4.90 Å². The molecule has 0 aliphatic heterocycles. The van der Waals surface area contributed by atoms with E-state index in [-0.39, 0.29) is 21.7 Å². The fraction of sp³-hybridized carbons (Fsp3) is 0.368. The van der Waals surface area contributed by atoms with Crippen LogP contribution in [0.25, 0.3) is 11.1 Å². The normalized spacial score (nSPS) is 25.4. The average Bonchev–Trinajstić information content (AvgIpc) is 3.42. The molecular formula is C38H39Cl2N. The number of anilines is 3. The lowest BCUT2D eigenvalue weighted by atomic mass is 9.55. The first-order chi connectivity index (χ1) is 19.4. The standard InChI is InChI=1S/C38H39Cl2N/c1-35(2,3)24-14-16-26(17-15-24)41(33-13-9-12-32(39)34(33)40)27-18-19-29-28-10-7-8-11-30(28)38(31(29)22-27)23-25-20-21-37(38,6)36(25,4)5/h7-19,22,25H,20-21,23H2,1-6H3. The van der Waals surface area contributed by atoms with E-state index in [2.05, 4.69) is 119 Å². The van der Waals surface area contributed by atoms with Crippen molar-refractivity contribution in [3.8, 4) is 11.1 Å². The molecule has 3 aliphatic carbocycles. The molecule has 210 valence electrons. The van der Waals surface area contributed by atoms with Crippen LogP contribution in [-0.2, 0) is 10.8 Å². The maximum absolute atomic E-state index is 6.94. The van der Waals surface area contributed by atoms with Crippen molar-refractivity contribution in [2.45, 2.75) is 71.6 Å². The minimum absolute atomic E-state index is 0.00123. The molecule has 4 aromatic carbocycles. The van der Waals surface area contributed by atoms with Gasteiger partial charge >= 0.3 is 0 Å². The van der Waals surface area contributed by atoms with Crippen LogP contribution in [0, 0.1) is 16.7 Å². The van der Waals surface area contributed by atoms with Gasteiger partial charge in [-0.15, -0.1) is 0 Å². The summed E-state index contributed by atoms with van der Waals surface area (Å²) >= 11 is 13.5. The summed E-state index contributed by atoms with van der Waals surface area (Å²) in [6.45, 7) is 14.4. The summed E-state index contributed by atoms with van der Waals surface area (Å²) in [5, 5.41) is 1.13. The highest BCUT2D eigenvalue weighted by Crippen LogP contribution is 2.78. The zero-order valence-electron chi connectivity index (χ0n) is 25.0. The van der Waals surface area contributed by atoms with E-state index in [0.29, 0.717) is 10.0 Å². The molecule has 2 fully saturated rings. The van der Waals surface area contributed by atoms with Gasteiger partial charge in [-0.25, -0.2) is 0 Å². The van der Waals surface area contributed by atoms with Gasteiger partial charge < -0.3 is 4.90 Å². The molecule has 0 radical (unpaired) electrons. The molecule has 4 aromatic rings. The van der Waals surface area contributed by atoms with E-state index in [0.717, 1.165) is 23.0 Å². The SMILES string of the molecule is CC(C)(C)c1ccc(N(c2ccc3c(c2)C2(CC4CCC2(C)C4(C)C)c2ccccc2-3)c2cccc(Cl)c2Cl)cc1. The largest absolute Gasteiger partial charge is 0.309 e. The summed E-state index contributed by atoms with van der Waals surface area (Å²) < 4.78 is 0. The fourth-order valence-corrected chi connectivity index (χ4v) is 9.20. The molecule has 0 amide bonds. The third-order valence-electron chi connectivity index (χ3n) is 11.5. The molecule has 1 nitrogen and oxygen atoms in total. The van der Waals surface area contributed by atoms with Crippen LogP contribution in [0.4, 0.5) is 17.1 Å². The van der Waals surface area contributed by atoms with E-state index < -0.39 is 0 Å². The Bertz CT molecular complexity index is 1680. The van der Waals surface area contributed by atoms with Gasteiger partial charge in [0.2, 0.25) is 0 Å². The van der Waals surface area contributed by atoms with E-state index in [1.807, 2.05) is 12.1 Å². The maximum atomic E-state index is 6.94. The molecule has 0 aromatic heterocycles. The molecular weight excluding hydrogens is 541 g/mol. The number of hydrogen-bond donors (Lipinski definition) is 0. The lowest BCUT2D eigenvalue weighted by Gasteiger charge is -2.48. The van der Waals surface area contributed by atoms with Crippen molar-refractivity contribution in [1.82, 2.24) is 0 Å². The molecule has 3 unspecified atom stereocenters. The van der Waals surface area contributed by atoms with Gasteiger partial charge in [0.25, 0.3) is 0 Å². The van der Waals surface area contributed by atoms with Gasteiger partial charge in [-0.2, -0.15) is 0 Å². The monoisotopic (exact) mass is 579 g/mol. The zero-order valence-corrected chi connectivity index (χ0v) is 26.5. The van der Waals surface area contributed by atoms with Crippen molar-refractivity contribution >= 4 is 40.3 Å². The summed E-state index contributed by atoms with van der Waals surface area (Å²) in [4.78, 5) is 2.29. The first kappa shape index (κ1) is 27.1. The highest BCUT2D eigenvalue weighted by molar-refractivity contribution is 6.44. The van der Waals surface area contributed by atoms with Gasteiger partial charge in [0.15, 0.2) is 0 Å². The molecule has 3 aliphatic rings. The number of nitrogens with zero attached hydrogens (tertiary/aromatic N) is 1. The first-order valence-corrected chi connectivity index (χ1v) is 15.7. The molecule has 2 bridgehead atoms. The predicted octanol–water partition coefficient (Wildman–Crippen LogP) is 11.9. The van der Waals surface area contributed by atoms with Crippen LogP contribution in [0.15, 0.2) is 84.9 Å². The molecule has 0 heterocycles. The molecule has 0 saturated heterocycles. The van der Waals surface area contributed by atoms with Crippen molar-refractivity contribution in [2.24, 2.45) is 16.7 Å². The summed E-state index contributed by atoms with van der Waals surface area (Å²) in [5.41, 5.74) is 10.7. The quantitative estimate of drug-likeness (QED) is 0.233. The van der Waals surface area contributed by atoms with Crippen molar-refractivity contribution in [2.75, 3.05) is 4.90 Å². The van der Waals surface area contributed by atoms with E-state index in [9.17, 15) is 0 Å². The molecule has 3 atom stereocenters. The second-order valence-corrected chi connectivity index (χ2v) is 15.2. The van der Waals surface area contributed by atoms with Crippen molar-refractivity contribution < 1.29 is 0 Å². The van der Waals surface area contributed by atoms with Crippen LogP contribution in [0.1, 0.15) is 77.5 Å². The minimum Gasteiger partial charge on any atom is -0.309 e. The van der Waals surface area contributed by atoms with E-state index in [1.54, 1.807) is 0 Å². The fourth-order valence-electron chi connectivity index (χ4n) is 8.82. The van der Waals surface area contributed by atoms with Gasteiger partial charge in [0.05, 0.1) is 15.7 Å². The smallest absolute Gasteiger partial charge is 0.0832 e. The summed E-state index contributed by atoms with van der Waals surface area (Å²) in [6, 6.07) is 31.1. The van der Waals surface area contributed by atoms with Crippen LogP contribution in [0.5, 0.6) is 0 Å². The van der Waals surface area contributed by atoms with Gasteiger partial charge in [0, 0.05) is 16.8 Å². The topological polar surface area (TPSA) is 3.24 Å². The number of fused-ring (bicyclic) bond motifs is 8. The second-order valence-electron chi connectivity index (χ2n) is 14.4. The molecule has 2 saturated carbocycles. The van der Waals surface area contributed by atoms with E-state index >= 15 is 0 Å². The van der Waals surface area contributed by atoms with Crippen LogP contribution in [0.2, 0.25) is 10.0 Å². The van der Waals surface area contributed by atoms with Crippen LogP contribution in [-0.4, -0.2) is 0 Å². The third kappa shape index (κ3) is 3.55. The Morgan fingerprint density at radius 3 is 2.10 bits per heavy atom. The number of hydrogen-bond acceptors (Lipinski definition) is 1. The Morgan fingerprint density at radius 1 is 0.756 bits per heavy atom. The van der Waals surface area contributed by atoms with Gasteiger partial charge in [-0.3, -0.25) is 0 Å². The third-order valence-corrected chi connectivity index (χ3v) is 12.3. The summed E-state index contributed by atoms with van der Waals surface area (Å²) in [6.07, 6.45) is 3.80. The molecule has 41 heavy (non-hydrogen) atoms. The van der Waals surface area contributed by atoms with E-state index in [4.69, 9.17) is 23.2 Å². The summed E-state index contributed by atoms with van der Waals surface area (Å²) in [5.74, 6) is 0.721. The molecule has 0 N–H and O–H groups in total. The predicted molar refractivity (Wildman–Crippen MR) is 175 cm³/mol. The highest BCUT2D eigenvalue weighted by atomic mass is 35.5. The van der Waals surface area contributed by atoms with E-state index in [1.165, 1.54) is 47.1 Å². The Kier molecular flexibility index (Phi) is 5.88. The van der Waals surface area contributed by atoms with Crippen molar-refractivity contribution in [1.29, 1.82) is 0 Å². The average molecular weight is 581 g/mol.